The second-order valence-corrected chi connectivity index (χ2v) is 7.21. The number of carbonyl (C=O) groups excluding carboxylic acids is 1. The van der Waals surface area contributed by atoms with Gasteiger partial charge in [-0.05, 0) is 55.2 Å². The van der Waals surface area contributed by atoms with Gasteiger partial charge >= 0.3 is 6.09 Å². The molecule has 1 atom stereocenters. The lowest BCUT2D eigenvalue weighted by atomic mass is 10.0. The van der Waals surface area contributed by atoms with Crippen molar-refractivity contribution in [1.82, 2.24) is 9.97 Å². The van der Waals surface area contributed by atoms with E-state index in [-0.39, 0.29) is 12.1 Å². The van der Waals surface area contributed by atoms with E-state index in [1.54, 1.807) is 11.2 Å². The molecule has 0 saturated carbocycles. The lowest BCUT2D eigenvalue weighted by Crippen LogP contribution is -2.29. The highest BCUT2D eigenvalue weighted by Crippen LogP contribution is 2.35. The molecule has 3 heterocycles. The van der Waals surface area contributed by atoms with Crippen LogP contribution in [0.1, 0.15) is 30.9 Å². The molecule has 0 spiro atoms. The van der Waals surface area contributed by atoms with Crippen molar-refractivity contribution >= 4 is 28.5 Å². The molecular weight excluding hydrogens is 340 g/mol. The van der Waals surface area contributed by atoms with Crippen molar-refractivity contribution in [2.75, 3.05) is 29.5 Å². The molecular formula is C21H22N4O2. The summed E-state index contributed by atoms with van der Waals surface area (Å²) in [7, 11) is 0. The zero-order chi connectivity index (χ0) is 18.2. The van der Waals surface area contributed by atoms with E-state index in [2.05, 4.69) is 39.1 Å². The Morgan fingerprint density at radius 3 is 2.59 bits per heavy atom. The predicted octanol–water partition coefficient (Wildman–Crippen LogP) is 4.25. The number of cyclic esters (lactones) is 1. The van der Waals surface area contributed by atoms with E-state index in [0.717, 1.165) is 35.4 Å². The molecule has 1 amide bonds. The number of imidazole rings is 1. The summed E-state index contributed by atoms with van der Waals surface area (Å²) in [4.78, 5) is 24.0. The zero-order valence-electron chi connectivity index (χ0n) is 15.1. The summed E-state index contributed by atoms with van der Waals surface area (Å²) < 4.78 is 5.38. The van der Waals surface area contributed by atoms with Crippen molar-refractivity contribution in [2.24, 2.45) is 0 Å². The summed E-state index contributed by atoms with van der Waals surface area (Å²) in [5, 5.41) is 0. The normalized spacial score (nSPS) is 20.3. The molecule has 2 aliphatic rings. The number of carbonyl (C=O) groups is 1. The monoisotopic (exact) mass is 362 g/mol. The van der Waals surface area contributed by atoms with Crippen LogP contribution in [0.15, 0.2) is 48.8 Å². The maximum atomic E-state index is 12.4. The first-order valence-corrected chi connectivity index (χ1v) is 9.54. The average Bonchev–Trinajstić information content (AvgIpc) is 3.34. The lowest BCUT2D eigenvalue weighted by molar-refractivity contribution is 0.179. The number of anilines is 2. The van der Waals surface area contributed by atoms with Crippen LogP contribution >= 0.6 is 0 Å². The Balaban J connectivity index is 1.43. The minimum atomic E-state index is -0.310. The van der Waals surface area contributed by atoms with Gasteiger partial charge in [0, 0.05) is 18.8 Å². The van der Waals surface area contributed by atoms with E-state index in [1.807, 2.05) is 18.2 Å². The average molecular weight is 362 g/mol. The Labute approximate surface area is 157 Å². The van der Waals surface area contributed by atoms with Crippen molar-refractivity contribution in [3.63, 3.8) is 0 Å². The number of H-pyrrole nitrogens is 1. The van der Waals surface area contributed by atoms with Crippen molar-refractivity contribution in [3.8, 4) is 0 Å². The van der Waals surface area contributed by atoms with Gasteiger partial charge < -0.3 is 14.6 Å². The molecule has 1 aromatic heterocycles. The van der Waals surface area contributed by atoms with Gasteiger partial charge in [-0.3, -0.25) is 4.90 Å². The fourth-order valence-electron chi connectivity index (χ4n) is 4.08. The van der Waals surface area contributed by atoms with Gasteiger partial charge in [0.05, 0.1) is 29.1 Å². The number of benzene rings is 2. The largest absolute Gasteiger partial charge is 0.447 e. The van der Waals surface area contributed by atoms with Gasteiger partial charge in [-0.2, -0.15) is 0 Å². The Morgan fingerprint density at radius 1 is 1.00 bits per heavy atom. The topological polar surface area (TPSA) is 61.5 Å². The van der Waals surface area contributed by atoms with Crippen molar-refractivity contribution < 1.29 is 9.53 Å². The van der Waals surface area contributed by atoms with Crippen molar-refractivity contribution in [2.45, 2.75) is 25.3 Å². The van der Waals surface area contributed by atoms with Crippen LogP contribution in [-0.4, -0.2) is 35.8 Å². The van der Waals surface area contributed by atoms with Gasteiger partial charge in [-0.25, -0.2) is 9.78 Å². The first-order chi connectivity index (χ1) is 13.3. The summed E-state index contributed by atoms with van der Waals surface area (Å²) in [6.45, 7) is 2.61. The van der Waals surface area contributed by atoms with Crippen LogP contribution in [0.4, 0.5) is 16.2 Å². The molecule has 5 rings (SSSR count). The zero-order valence-corrected chi connectivity index (χ0v) is 15.1. The van der Waals surface area contributed by atoms with Gasteiger partial charge in [0.15, 0.2) is 0 Å². The smallest absolute Gasteiger partial charge is 0.415 e. The number of fused-ring (bicyclic) bond motifs is 1. The third-order valence-electron chi connectivity index (χ3n) is 5.56. The molecule has 0 aliphatic carbocycles. The van der Waals surface area contributed by atoms with E-state index < -0.39 is 0 Å². The van der Waals surface area contributed by atoms with Crippen LogP contribution in [0.25, 0.3) is 11.0 Å². The number of rotatable bonds is 3. The van der Waals surface area contributed by atoms with Crippen LogP contribution in [0.3, 0.4) is 0 Å². The number of nitrogens with zero attached hydrogens (tertiary/aromatic N) is 3. The van der Waals surface area contributed by atoms with Crippen molar-refractivity contribution in [3.05, 3.63) is 54.4 Å². The molecule has 1 unspecified atom stereocenters. The van der Waals surface area contributed by atoms with Gasteiger partial charge in [0.2, 0.25) is 0 Å². The van der Waals surface area contributed by atoms with Crippen LogP contribution in [0.2, 0.25) is 0 Å². The SMILES string of the molecule is O=C1OCC(c2ccc(N3CCCCC3)cc2)N1c1ccc2[nH]cnc2c1. The molecule has 6 nitrogen and oxygen atoms in total. The highest BCUT2D eigenvalue weighted by molar-refractivity contribution is 5.93. The van der Waals surface area contributed by atoms with Gasteiger partial charge in [0.25, 0.3) is 0 Å². The quantitative estimate of drug-likeness (QED) is 0.757. The maximum Gasteiger partial charge on any atom is 0.415 e. The highest BCUT2D eigenvalue weighted by Gasteiger charge is 2.35. The standard InChI is InChI=1S/C21H22N4O2/c26-21-25(17-8-9-18-19(12-17)23-14-22-18)20(13-27-21)15-4-6-16(7-5-15)24-10-2-1-3-11-24/h4-9,12,14,20H,1-3,10-11,13H2,(H,22,23). The third kappa shape index (κ3) is 2.91. The summed E-state index contributed by atoms with van der Waals surface area (Å²) >= 11 is 0. The fourth-order valence-corrected chi connectivity index (χ4v) is 4.08. The molecule has 0 bridgehead atoms. The number of piperidine rings is 1. The number of aromatic nitrogens is 2. The molecule has 2 aliphatic heterocycles. The Morgan fingerprint density at radius 2 is 1.78 bits per heavy atom. The van der Waals surface area contributed by atoms with E-state index in [9.17, 15) is 4.79 Å². The number of aromatic amines is 1. The van der Waals surface area contributed by atoms with E-state index in [4.69, 9.17) is 4.74 Å². The Bertz CT molecular complexity index is 960. The van der Waals surface area contributed by atoms with Gasteiger partial charge in [-0.15, -0.1) is 0 Å². The summed E-state index contributed by atoms with van der Waals surface area (Å²) in [6.07, 6.45) is 5.20. The molecule has 2 saturated heterocycles. The van der Waals surface area contributed by atoms with Crippen LogP contribution < -0.4 is 9.80 Å². The maximum absolute atomic E-state index is 12.4. The van der Waals surface area contributed by atoms with E-state index >= 15 is 0 Å². The molecule has 2 aromatic carbocycles. The van der Waals surface area contributed by atoms with Crippen molar-refractivity contribution in [1.29, 1.82) is 0 Å². The third-order valence-corrected chi connectivity index (χ3v) is 5.56. The lowest BCUT2D eigenvalue weighted by Gasteiger charge is -2.29. The minimum Gasteiger partial charge on any atom is -0.447 e. The minimum absolute atomic E-state index is 0.121. The van der Waals surface area contributed by atoms with Crippen LogP contribution in [-0.2, 0) is 4.74 Å². The molecule has 138 valence electrons. The first-order valence-electron chi connectivity index (χ1n) is 9.54. The predicted molar refractivity (Wildman–Crippen MR) is 105 cm³/mol. The van der Waals surface area contributed by atoms with E-state index in [1.165, 1.54) is 24.9 Å². The van der Waals surface area contributed by atoms with Gasteiger partial charge in [-0.1, -0.05) is 12.1 Å². The van der Waals surface area contributed by atoms with Crippen LogP contribution in [0, 0.1) is 0 Å². The molecule has 27 heavy (non-hydrogen) atoms. The molecule has 2 fully saturated rings. The van der Waals surface area contributed by atoms with Gasteiger partial charge in [0.1, 0.15) is 6.61 Å². The van der Waals surface area contributed by atoms with E-state index in [0.29, 0.717) is 6.61 Å². The Hall–Kier alpha value is -3.02. The number of hydrogen-bond acceptors (Lipinski definition) is 4. The number of nitrogens with one attached hydrogen (secondary N) is 1. The number of hydrogen-bond donors (Lipinski definition) is 1. The fraction of sp³-hybridized carbons (Fsp3) is 0.333. The number of ether oxygens (including phenoxy) is 1. The first kappa shape index (κ1) is 16.2. The molecule has 6 heteroatoms. The highest BCUT2D eigenvalue weighted by atomic mass is 16.6. The number of amides is 1. The molecule has 1 N–H and O–H groups in total. The molecule has 3 aromatic rings. The summed E-state index contributed by atoms with van der Waals surface area (Å²) in [5.41, 5.74) is 4.94. The molecule has 0 radical (unpaired) electrons. The second-order valence-electron chi connectivity index (χ2n) is 7.21. The second kappa shape index (κ2) is 6.61. The summed E-state index contributed by atoms with van der Waals surface area (Å²) in [5.74, 6) is 0. The Kier molecular flexibility index (Phi) is 3.96. The van der Waals surface area contributed by atoms with Crippen LogP contribution in [0.5, 0.6) is 0 Å². The summed E-state index contributed by atoms with van der Waals surface area (Å²) in [6, 6.07) is 14.3.